The van der Waals surface area contributed by atoms with Gasteiger partial charge in [-0.2, -0.15) is 0 Å². The molecule has 0 fully saturated rings. The second kappa shape index (κ2) is 6.09. The normalized spacial score (nSPS) is 9.09. The average Bonchev–Trinajstić information content (AvgIpc) is 1.87. The van der Waals surface area contributed by atoms with Crippen molar-refractivity contribution in [3.05, 3.63) is 0 Å². The van der Waals surface area contributed by atoms with Crippen molar-refractivity contribution in [2.75, 3.05) is 17.9 Å². The summed E-state index contributed by atoms with van der Waals surface area (Å²) < 4.78 is 0. The van der Waals surface area contributed by atoms with Crippen LogP contribution in [0.1, 0.15) is 0 Å². The Morgan fingerprint density at radius 2 is 2.09 bits per heavy atom. The number of carboxylic acids is 1. The van der Waals surface area contributed by atoms with Crippen LogP contribution in [-0.2, 0) is 9.59 Å². The number of carbonyl (C=O) groups is 2. The molecule has 0 aliphatic rings. The molecule has 0 spiro atoms. The summed E-state index contributed by atoms with van der Waals surface area (Å²) in [6.07, 6.45) is 0.0897. The van der Waals surface area contributed by atoms with Gasteiger partial charge in [0.25, 0.3) is 0 Å². The quantitative estimate of drug-likeness (QED) is 0.526. The summed E-state index contributed by atoms with van der Waals surface area (Å²) in [4.78, 5) is 20.6. The van der Waals surface area contributed by atoms with Gasteiger partial charge in [0.1, 0.15) is 0 Å². The maximum Gasteiger partial charge on any atom is 0.313 e. The molecule has 0 aromatic heterocycles. The molecule has 0 atom stereocenters. The second-order valence-electron chi connectivity index (χ2n) is 1.69. The Labute approximate surface area is 70.1 Å². The number of carbonyl (C=O) groups excluding carboxylic acids is 1. The van der Waals surface area contributed by atoms with E-state index in [1.165, 1.54) is 0 Å². The molecule has 0 unspecified atom stereocenters. The van der Waals surface area contributed by atoms with E-state index >= 15 is 0 Å². The van der Waals surface area contributed by atoms with E-state index in [1.807, 2.05) is 0 Å². The fraction of sp³-hybridized carbons (Fsp3) is 0.600. The number of nitrogens with one attached hydrogen (secondary N) is 1. The Balaban J connectivity index is 3.24. The van der Waals surface area contributed by atoms with Gasteiger partial charge in [-0.15, -0.1) is 11.8 Å². The molecule has 0 aromatic carbocycles. The van der Waals surface area contributed by atoms with Gasteiger partial charge in [0.05, 0.1) is 19.4 Å². The lowest BCUT2D eigenvalue weighted by Gasteiger charge is -1.99. The molecule has 0 saturated carbocycles. The number of carboxylic acid groups (broad SMARTS) is 1. The summed E-state index contributed by atoms with van der Waals surface area (Å²) in [7, 11) is 5.00. The van der Waals surface area contributed by atoms with Crippen LogP contribution in [0.5, 0.6) is 0 Å². The van der Waals surface area contributed by atoms with E-state index in [0.29, 0.717) is 0 Å². The molecule has 60 valence electrons. The molecule has 2 radical (unpaired) electrons. The van der Waals surface area contributed by atoms with E-state index in [0.717, 1.165) is 11.8 Å². The fourth-order valence-corrected chi connectivity index (χ4v) is 0.960. The van der Waals surface area contributed by atoms with Crippen molar-refractivity contribution in [2.24, 2.45) is 0 Å². The zero-order valence-electron chi connectivity index (χ0n) is 5.87. The maximum atomic E-state index is 10.6. The third kappa shape index (κ3) is 7.25. The zero-order valence-corrected chi connectivity index (χ0v) is 6.69. The molecule has 0 saturated heterocycles. The minimum Gasteiger partial charge on any atom is -0.481 e. The molecule has 0 aliphatic carbocycles. The van der Waals surface area contributed by atoms with E-state index < -0.39 is 5.97 Å². The first kappa shape index (κ1) is 10.4. The summed E-state index contributed by atoms with van der Waals surface area (Å²) in [6.45, 7) is 0. The van der Waals surface area contributed by atoms with Gasteiger partial charge in [-0.25, -0.2) is 0 Å². The van der Waals surface area contributed by atoms with Crippen LogP contribution in [0.3, 0.4) is 0 Å². The number of amides is 1. The van der Waals surface area contributed by atoms with Crippen LogP contribution in [0.4, 0.5) is 0 Å². The molecule has 0 heterocycles. The number of hydrogen-bond acceptors (Lipinski definition) is 3. The van der Waals surface area contributed by atoms with E-state index in [4.69, 9.17) is 13.0 Å². The number of thioether (sulfide) groups is 1. The Hall–Kier alpha value is -0.645. The predicted molar refractivity (Wildman–Crippen MR) is 43.7 cm³/mol. The number of rotatable bonds is 5. The molecule has 0 bridgehead atoms. The van der Waals surface area contributed by atoms with Gasteiger partial charge in [-0.05, 0) is 6.44 Å². The second-order valence-corrected chi connectivity index (χ2v) is 2.68. The minimum absolute atomic E-state index is 0.0575. The average molecular weight is 173 g/mol. The van der Waals surface area contributed by atoms with E-state index in [9.17, 15) is 9.59 Å². The first-order valence-corrected chi connectivity index (χ1v) is 4.08. The molecule has 1 amide bonds. The lowest BCUT2D eigenvalue weighted by molar-refractivity contribution is -0.133. The van der Waals surface area contributed by atoms with Gasteiger partial charge in [0, 0.05) is 0 Å². The van der Waals surface area contributed by atoms with Gasteiger partial charge in [-0.3, -0.25) is 9.59 Å². The van der Waals surface area contributed by atoms with Crippen molar-refractivity contribution in [2.45, 2.75) is 0 Å². The Bertz CT molecular complexity index is 153. The monoisotopic (exact) mass is 173 g/mol. The molecule has 4 nitrogen and oxygen atoms in total. The summed E-state index contributed by atoms with van der Waals surface area (Å²) in [6, 6.07) is 0. The zero-order chi connectivity index (χ0) is 8.69. The summed E-state index contributed by atoms with van der Waals surface area (Å²) in [5.74, 6) is -1.07. The predicted octanol–water partition coefficient (Wildman–Crippen LogP) is -0.954. The minimum atomic E-state index is -0.921. The summed E-state index contributed by atoms with van der Waals surface area (Å²) in [5, 5.41) is 10.5. The highest BCUT2D eigenvalue weighted by molar-refractivity contribution is 8.00. The maximum absolute atomic E-state index is 10.6. The van der Waals surface area contributed by atoms with Gasteiger partial charge >= 0.3 is 5.97 Å². The van der Waals surface area contributed by atoms with Crippen LogP contribution in [0.25, 0.3) is 0 Å². The van der Waals surface area contributed by atoms with E-state index in [2.05, 4.69) is 5.32 Å². The number of hydrogen-bond donors (Lipinski definition) is 2. The molecule has 2 N–H and O–H groups in total. The molecular formula is C5H8BNO3S. The van der Waals surface area contributed by atoms with Crippen molar-refractivity contribution < 1.29 is 14.7 Å². The lowest BCUT2D eigenvalue weighted by atomic mass is 10.2. The molecule has 0 rings (SSSR count). The first-order chi connectivity index (χ1) is 5.16. The van der Waals surface area contributed by atoms with Crippen molar-refractivity contribution in [1.29, 1.82) is 0 Å². The molecule has 0 aromatic rings. The van der Waals surface area contributed by atoms with Crippen LogP contribution < -0.4 is 5.32 Å². The molecule has 0 aliphatic heterocycles. The molecular weight excluding hydrogens is 165 g/mol. The summed E-state index contributed by atoms with van der Waals surface area (Å²) >= 11 is 1.04. The SMILES string of the molecule is [B]CNC(=O)CSCC(=O)O. The Morgan fingerprint density at radius 3 is 2.55 bits per heavy atom. The van der Waals surface area contributed by atoms with Crippen LogP contribution in [-0.4, -0.2) is 42.8 Å². The van der Waals surface area contributed by atoms with Crippen LogP contribution >= 0.6 is 11.8 Å². The highest BCUT2D eigenvalue weighted by Crippen LogP contribution is 1.97. The largest absolute Gasteiger partial charge is 0.481 e. The van der Waals surface area contributed by atoms with Gasteiger partial charge < -0.3 is 10.4 Å². The van der Waals surface area contributed by atoms with Crippen molar-refractivity contribution in [3.63, 3.8) is 0 Å². The Morgan fingerprint density at radius 1 is 1.45 bits per heavy atom. The highest BCUT2D eigenvalue weighted by Gasteiger charge is 2.01. The van der Waals surface area contributed by atoms with Crippen LogP contribution in [0.2, 0.25) is 0 Å². The third-order valence-electron chi connectivity index (χ3n) is 0.758. The van der Waals surface area contributed by atoms with Crippen molar-refractivity contribution in [1.82, 2.24) is 5.32 Å². The summed E-state index contributed by atoms with van der Waals surface area (Å²) in [5.41, 5.74) is 0. The highest BCUT2D eigenvalue weighted by atomic mass is 32.2. The molecule has 11 heavy (non-hydrogen) atoms. The third-order valence-corrected chi connectivity index (χ3v) is 1.68. The standard InChI is InChI=1S/C5H8BNO3S/c6-3-7-4(8)1-11-2-5(9)10/h1-3H2,(H,7,8)(H,9,10). The molecule has 6 heteroatoms. The fourth-order valence-electron chi connectivity index (χ4n) is 0.396. The Kier molecular flexibility index (Phi) is 5.73. The lowest BCUT2D eigenvalue weighted by Crippen LogP contribution is -2.26. The smallest absolute Gasteiger partial charge is 0.313 e. The number of aliphatic carboxylic acids is 1. The topological polar surface area (TPSA) is 66.4 Å². The van der Waals surface area contributed by atoms with Gasteiger partial charge in [0.15, 0.2) is 0 Å². The van der Waals surface area contributed by atoms with Gasteiger partial charge in [0.2, 0.25) is 5.91 Å². The van der Waals surface area contributed by atoms with Crippen LogP contribution in [0.15, 0.2) is 0 Å². The van der Waals surface area contributed by atoms with Crippen LogP contribution in [0, 0.1) is 0 Å². The van der Waals surface area contributed by atoms with E-state index in [-0.39, 0.29) is 23.9 Å². The first-order valence-electron chi connectivity index (χ1n) is 2.93. The van der Waals surface area contributed by atoms with E-state index in [1.54, 1.807) is 0 Å². The van der Waals surface area contributed by atoms with Crippen molar-refractivity contribution in [3.8, 4) is 0 Å². The van der Waals surface area contributed by atoms with Gasteiger partial charge in [-0.1, -0.05) is 0 Å². The van der Waals surface area contributed by atoms with Crippen molar-refractivity contribution >= 4 is 31.5 Å².